The summed E-state index contributed by atoms with van der Waals surface area (Å²) in [5.41, 5.74) is 8.12. The lowest BCUT2D eigenvalue weighted by molar-refractivity contribution is 1.24. The van der Waals surface area contributed by atoms with Crippen molar-refractivity contribution in [2.24, 2.45) is 0 Å². The molecule has 0 N–H and O–H groups in total. The third-order valence-corrected chi connectivity index (χ3v) is 14.5. The maximum atomic E-state index is 4.76. The van der Waals surface area contributed by atoms with Crippen LogP contribution in [0.2, 0.25) is 13.1 Å². The number of alkyl halides is 6. The second-order valence-electron chi connectivity index (χ2n) is 10.3. The first kappa shape index (κ1) is 43.9. The summed E-state index contributed by atoms with van der Waals surface area (Å²) in [6, 6.07) is 36.4. The molecule has 48 heavy (non-hydrogen) atoms. The Balaban J connectivity index is 0.000000802. The molecule has 1 aliphatic rings. The van der Waals surface area contributed by atoms with Gasteiger partial charge in [-0.15, -0.1) is 117 Å². The molecule has 0 atom stereocenters. The Morgan fingerprint density at radius 1 is 0.417 bits per heavy atom. The van der Waals surface area contributed by atoms with E-state index in [2.05, 4.69) is 135 Å². The minimum Gasteiger partial charge on any atom is -0.128 e. The van der Waals surface area contributed by atoms with E-state index < -0.39 is 8.07 Å². The van der Waals surface area contributed by atoms with Gasteiger partial charge in [0, 0.05) is 19.6 Å². The Morgan fingerprint density at radius 2 is 0.708 bits per heavy atom. The fourth-order valence-electron chi connectivity index (χ4n) is 5.78. The summed E-state index contributed by atoms with van der Waals surface area (Å²) < 4.78 is 0. The zero-order valence-electron chi connectivity index (χ0n) is 27.8. The van der Waals surface area contributed by atoms with Crippen molar-refractivity contribution in [2.45, 2.75) is 32.7 Å². The molecule has 0 saturated carbocycles. The van der Waals surface area contributed by atoms with Crippen LogP contribution in [-0.2, 0) is 0 Å². The lowest BCUT2D eigenvalue weighted by Gasteiger charge is -2.27. The highest BCUT2D eigenvalue weighted by Crippen LogP contribution is 2.56. The lowest BCUT2D eigenvalue weighted by atomic mass is 9.89. The summed E-state index contributed by atoms with van der Waals surface area (Å²) in [7, 11) is -2.17. The van der Waals surface area contributed by atoms with Crippen molar-refractivity contribution in [1.82, 2.24) is 0 Å². The zero-order chi connectivity index (χ0) is 35.7. The summed E-state index contributed by atoms with van der Waals surface area (Å²) in [5.74, 6) is 0. The quantitative estimate of drug-likeness (QED) is 0.0983. The standard InChI is InChI=1S/C34H34S4Si.3CH2Cl2/c1-35-27-19-17-25(21-29(27)37-3)33-31(23-13-9-7-10-14-23)32(24-15-11-8-12-16-24)34(39(33,5)6)26-18-20-28(36-2)30(22-26)38-4;3*2-1-3/h7-22H,1-6H3;3*1H2. The van der Waals surface area contributed by atoms with Gasteiger partial charge < -0.3 is 0 Å². The van der Waals surface area contributed by atoms with E-state index in [9.17, 15) is 0 Å². The van der Waals surface area contributed by atoms with Gasteiger partial charge in [-0.2, -0.15) is 0 Å². The second kappa shape index (κ2) is 23.3. The van der Waals surface area contributed by atoms with Crippen LogP contribution in [-0.4, -0.2) is 49.1 Å². The van der Waals surface area contributed by atoms with E-state index in [4.69, 9.17) is 69.6 Å². The van der Waals surface area contributed by atoms with Gasteiger partial charge >= 0.3 is 0 Å². The summed E-state index contributed by atoms with van der Waals surface area (Å²) in [4.78, 5) is 5.40. The number of thioether (sulfide) groups is 4. The first-order chi connectivity index (χ1) is 23.2. The van der Waals surface area contributed by atoms with Crippen molar-refractivity contribution < 1.29 is 0 Å². The van der Waals surface area contributed by atoms with Crippen molar-refractivity contribution in [2.75, 3.05) is 41.0 Å². The molecule has 0 amide bonds. The molecule has 0 radical (unpaired) electrons. The fraction of sp³-hybridized carbons (Fsp3) is 0.243. The van der Waals surface area contributed by atoms with Crippen LogP contribution in [0.4, 0.5) is 0 Å². The maximum Gasteiger partial charge on any atom is 0.115 e. The van der Waals surface area contributed by atoms with Gasteiger partial charge in [-0.3, -0.25) is 0 Å². The van der Waals surface area contributed by atoms with Crippen LogP contribution in [0, 0.1) is 0 Å². The molecule has 0 nitrogen and oxygen atoms in total. The highest BCUT2D eigenvalue weighted by Gasteiger charge is 2.44. The molecule has 0 fully saturated rings. The number of hydrogen-bond donors (Lipinski definition) is 0. The van der Waals surface area contributed by atoms with Crippen molar-refractivity contribution in [1.29, 1.82) is 0 Å². The molecule has 0 aliphatic carbocycles. The Hall–Kier alpha value is -0.283. The van der Waals surface area contributed by atoms with Crippen molar-refractivity contribution in [3.63, 3.8) is 0 Å². The van der Waals surface area contributed by atoms with E-state index in [0.717, 1.165) is 0 Å². The van der Waals surface area contributed by atoms with Gasteiger partial charge in [-0.05, 0) is 93.1 Å². The highest BCUT2D eigenvalue weighted by atomic mass is 35.5. The minimum atomic E-state index is -2.17. The van der Waals surface area contributed by atoms with Gasteiger partial charge in [0.25, 0.3) is 0 Å². The molecule has 1 aliphatic heterocycles. The molecule has 1 heterocycles. The SMILES string of the molecule is CSc1ccc(C2=C(c3ccccc3)C(c3ccccc3)=C(c3ccc(SC)c(SC)c3)[Si]2(C)C)cc1SC.ClCCl.ClCCl.ClCCl. The third kappa shape index (κ3) is 11.4. The summed E-state index contributed by atoms with van der Waals surface area (Å²) in [6.07, 6.45) is 8.73. The van der Waals surface area contributed by atoms with Crippen LogP contribution in [0.25, 0.3) is 21.5 Å². The van der Waals surface area contributed by atoms with Gasteiger partial charge in [0.05, 0.1) is 16.0 Å². The van der Waals surface area contributed by atoms with Crippen molar-refractivity contribution >= 4 is 146 Å². The first-order valence-corrected chi connectivity index (χ1v) is 25.7. The maximum absolute atomic E-state index is 4.76. The molecule has 5 rings (SSSR count). The molecule has 0 saturated heterocycles. The van der Waals surface area contributed by atoms with Gasteiger partial charge in [0.1, 0.15) is 8.07 Å². The van der Waals surface area contributed by atoms with Crippen molar-refractivity contribution in [3.8, 4) is 0 Å². The van der Waals surface area contributed by atoms with Gasteiger partial charge in [0.15, 0.2) is 0 Å². The third-order valence-electron chi connectivity index (χ3n) is 7.47. The summed E-state index contributed by atoms with van der Waals surface area (Å²) >= 11 is 35.9. The summed E-state index contributed by atoms with van der Waals surface area (Å²) in [5, 5.41) is 3.65. The summed E-state index contributed by atoms with van der Waals surface area (Å²) in [6.45, 7) is 5.11. The van der Waals surface area contributed by atoms with Crippen LogP contribution >= 0.6 is 117 Å². The molecular formula is C37H40Cl6S4Si. The van der Waals surface area contributed by atoms with Gasteiger partial charge in [-0.1, -0.05) is 85.9 Å². The average molecular weight is 854 g/mol. The number of benzene rings is 4. The fourth-order valence-corrected chi connectivity index (χ4v) is 12.5. The molecule has 4 aromatic carbocycles. The average Bonchev–Trinajstić information content (AvgIpc) is 3.36. The normalized spacial score (nSPS) is 13.2. The van der Waals surface area contributed by atoms with Crippen LogP contribution in [0.5, 0.6) is 0 Å². The van der Waals surface area contributed by atoms with Crippen LogP contribution in [0.15, 0.2) is 117 Å². The topological polar surface area (TPSA) is 0 Å². The Bertz CT molecular complexity index is 1510. The Morgan fingerprint density at radius 3 is 0.979 bits per heavy atom. The molecular weight excluding hydrogens is 813 g/mol. The monoisotopic (exact) mass is 850 g/mol. The molecule has 11 heteroatoms. The smallest absolute Gasteiger partial charge is 0.115 e. The lowest BCUT2D eigenvalue weighted by Crippen LogP contribution is -2.28. The van der Waals surface area contributed by atoms with Crippen LogP contribution in [0.3, 0.4) is 0 Å². The van der Waals surface area contributed by atoms with E-state index in [0.29, 0.717) is 0 Å². The number of hydrogen-bond acceptors (Lipinski definition) is 4. The molecule has 258 valence electrons. The molecule has 0 unspecified atom stereocenters. The Labute approximate surface area is 336 Å². The highest BCUT2D eigenvalue weighted by molar-refractivity contribution is 8.02. The number of halogens is 6. The molecule has 0 spiro atoms. The van der Waals surface area contributed by atoms with E-state index in [1.807, 2.05) is 47.0 Å². The number of rotatable bonds is 8. The predicted octanol–water partition coefficient (Wildman–Crippen LogP) is 15.2. The van der Waals surface area contributed by atoms with E-state index >= 15 is 0 Å². The van der Waals surface area contributed by atoms with E-state index in [1.165, 1.54) is 63.4 Å². The second-order valence-corrected chi connectivity index (χ2v) is 20.4. The molecule has 0 aromatic heterocycles. The van der Waals surface area contributed by atoms with Crippen molar-refractivity contribution in [3.05, 3.63) is 119 Å². The minimum absolute atomic E-state index is 0.194. The van der Waals surface area contributed by atoms with Crippen LogP contribution in [0.1, 0.15) is 22.3 Å². The first-order valence-electron chi connectivity index (χ1n) is 14.6. The zero-order valence-corrected chi connectivity index (χ0v) is 36.6. The predicted molar refractivity (Wildman–Crippen MR) is 234 cm³/mol. The van der Waals surface area contributed by atoms with Gasteiger partial charge in [-0.25, -0.2) is 0 Å². The van der Waals surface area contributed by atoms with E-state index in [-0.39, 0.29) is 16.0 Å². The molecule has 0 bridgehead atoms. The van der Waals surface area contributed by atoms with E-state index in [1.54, 1.807) is 0 Å². The molecule has 4 aromatic rings. The Kier molecular flexibility index (Phi) is 21.3. The number of allylic oxidation sites excluding steroid dienone is 2. The van der Waals surface area contributed by atoms with Crippen LogP contribution < -0.4 is 0 Å². The van der Waals surface area contributed by atoms with Gasteiger partial charge in [0.2, 0.25) is 0 Å². The largest absolute Gasteiger partial charge is 0.128 e.